The first-order valence-electron chi connectivity index (χ1n) is 18.4. The van der Waals surface area contributed by atoms with E-state index in [0.29, 0.717) is 70.6 Å². The number of fused-ring (bicyclic) bond motifs is 4. The van der Waals surface area contributed by atoms with Crippen LogP contribution in [-0.4, -0.2) is 57.7 Å². The Morgan fingerprint density at radius 2 is 1.94 bits per heavy atom. The van der Waals surface area contributed by atoms with Crippen LogP contribution in [0.4, 0.5) is 4.39 Å². The molecule has 10 rings (SSSR count). The fraction of sp³-hybridized carbons (Fsp3) is 0.415. The minimum Gasteiger partial charge on any atom is -0.481 e. The molecule has 2 aromatic carbocycles. The molecular weight excluding hydrogens is 714 g/mol. The number of ether oxygens (including phenoxy) is 2. The maximum Gasteiger partial charge on any atom is 0.226 e. The van der Waals surface area contributed by atoms with E-state index >= 15 is 4.39 Å². The van der Waals surface area contributed by atoms with Crippen molar-refractivity contribution in [2.24, 2.45) is 11.8 Å². The number of hydrogen-bond acceptors (Lipinski definition) is 7. The summed E-state index contributed by atoms with van der Waals surface area (Å²) in [7, 11) is 1.59. The highest BCUT2D eigenvalue weighted by atomic mass is 35.5. The number of nitrogens with zero attached hydrogens (tertiary/aromatic N) is 5. The van der Waals surface area contributed by atoms with Crippen LogP contribution in [0.2, 0.25) is 10.0 Å². The molecule has 53 heavy (non-hydrogen) atoms. The molecule has 5 aliphatic rings. The Kier molecular flexibility index (Phi) is 8.81. The lowest BCUT2D eigenvalue weighted by Crippen LogP contribution is -2.41. The monoisotopic (exact) mass is 752 g/mol. The summed E-state index contributed by atoms with van der Waals surface area (Å²) in [4.78, 5) is 25.5. The Morgan fingerprint density at radius 3 is 2.68 bits per heavy atom. The second kappa shape index (κ2) is 13.5. The van der Waals surface area contributed by atoms with Crippen LogP contribution < -0.4 is 10.1 Å². The zero-order chi connectivity index (χ0) is 36.5. The van der Waals surface area contributed by atoms with Gasteiger partial charge >= 0.3 is 0 Å². The SMILES string of the molecule is COc1cccc(COC2CC(c3cc4c(C)nc5c(F)c(-c6cccc(Cl)c6Cl)c(CCC#N)cc5c4n3C3C4CNC3C4)N(C(=O)C3CC3)C2)n1. The van der Waals surface area contributed by atoms with E-state index in [-0.39, 0.29) is 53.0 Å². The fourth-order valence-corrected chi connectivity index (χ4v) is 9.36. The summed E-state index contributed by atoms with van der Waals surface area (Å²) in [6.45, 7) is 3.62. The van der Waals surface area contributed by atoms with Crippen molar-refractivity contribution in [3.8, 4) is 23.1 Å². The Bertz CT molecular complexity index is 2320. The van der Waals surface area contributed by atoms with Crippen molar-refractivity contribution in [1.29, 1.82) is 5.26 Å². The van der Waals surface area contributed by atoms with Crippen LogP contribution in [0.1, 0.15) is 66.8 Å². The van der Waals surface area contributed by atoms with Crippen LogP contribution in [0.5, 0.6) is 5.88 Å². The van der Waals surface area contributed by atoms with Crippen molar-refractivity contribution in [3.63, 3.8) is 0 Å². The number of likely N-dealkylation sites (tertiary alicyclic amines) is 1. The lowest BCUT2D eigenvalue weighted by molar-refractivity contribution is -0.134. The summed E-state index contributed by atoms with van der Waals surface area (Å²) >= 11 is 13.1. The van der Waals surface area contributed by atoms with Crippen molar-refractivity contribution in [1.82, 2.24) is 24.8 Å². The number of carbonyl (C=O) groups is 1. The smallest absolute Gasteiger partial charge is 0.226 e. The summed E-state index contributed by atoms with van der Waals surface area (Å²) in [6, 6.07) is 17.4. The molecule has 3 aliphatic heterocycles. The standard InChI is InChI=1S/C41H39Cl2FN6O3/c1-21-28-17-33(32-16-26(19-49(32)41(51)22-11-12-22)53-20-25-7-3-10-34(48-25)52-2)50(39-24-15-31(39)46-18-24)40(28)29-14-23(6-5-13-45)35(37(44)38(29)47-21)27-8-4-9-30(42)36(27)43/h3-4,7-10,14,17,22,24,26,31-32,39,46H,5-6,11-12,15-16,18-20H2,1-2H3. The van der Waals surface area contributed by atoms with Gasteiger partial charge in [0.1, 0.15) is 5.52 Å². The molecule has 5 atom stereocenters. The number of amides is 1. The van der Waals surface area contributed by atoms with Gasteiger partial charge in [-0.3, -0.25) is 4.79 Å². The number of carbonyl (C=O) groups excluding carboxylic acids is 1. The largest absolute Gasteiger partial charge is 0.481 e. The van der Waals surface area contributed by atoms with Gasteiger partial charge in [-0.25, -0.2) is 14.4 Å². The second-order valence-electron chi connectivity index (χ2n) is 14.9. The fourth-order valence-electron chi connectivity index (χ4n) is 8.96. The van der Waals surface area contributed by atoms with Crippen LogP contribution in [0.25, 0.3) is 32.9 Å². The molecule has 0 spiro atoms. The molecule has 272 valence electrons. The van der Waals surface area contributed by atoms with Crippen molar-refractivity contribution < 1.29 is 18.7 Å². The number of nitriles is 1. The van der Waals surface area contributed by atoms with E-state index < -0.39 is 5.82 Å². The molecule has 1 amide bonds. The zero-order valence-electron chi connectivity index (χ0n) is 29.5. The van der Waals surface area contributed by atoms with Gasteiger partial charge in [0.15, 0.2) is 5.82 Å². The quantitative estimate of drug-likeness (QED) is 0.153. The number of aromatic nitrogens is 3. The normalized spacial score (nSPS) is 23.5. The lowest BCUT2D eigenvalue weighted by Gasteiger charge is -2.39. The van der Waals surface area contributed by atoms with Gasteiger partial charge in [-0.2, -0.15) is 5.26 Å². The van der Waals surface area contributed by atoms with Crippen molar-refractivity contribution in [2.75, 3.05) is 20.2 Å². The molecule has 2 bridgehead atoms. The van der Waals surface area contributed by atoms with E-state index in [1.54, 1.807) is 31.4 Å². The van der Waals surface area contributed by atoms with Crippen molar-refractivity contribution in [2.45, 2.75) is 76.3 Å². The van der Waals surface area contributed by atoms with E-state index in [4.69, 9.17) is 37.7 Å². The first kappa shape index (κ1) is 34.5. The summed E-state index contributed by atoms with van der Waals surface area (Å²) in [5.74, 6) is 0.652. The third kappa shape index (κ3) is 5.84. The first-order valence-corrected chi connectivity index (χ1v) is 19.1. The third-order valence-corrected chi connectivity index (χ3v) is 12.5. The highest BCUT2D eigenvalue weighted by molar-refractivity contribution is 6.43. The highest BCUT2D eigenvalue weighted by Crippen LogP contribution is 2.51. The van der Waals surface area contributed by atoms with Crippen LogP contribution in [0, 0.1) is 35.9 Å². The number of methoxy groups -OCH3 is 1. The maximum absolute atomic E-state index is 17.2. The Hall–Kier alpha value is -4.27. The van der Waals surface area contributed by atoms with Crippen LogP contribution in [0.15, 0.2) is 48.5 Å². The molecule has 12 heteroatoms. The van der Waals surface area contributed by atoms with E-state index in [0.717, 1.165) is 48.1 Å². The Labute approximate surface area is 317 Å². The number of benzene rings is 2. The van der Waals surface area contributed by atoms with E-state index in [1.165, 1.54) is 0 Å². The van der Waals surface area contributed by atoms with E-state index in [2.05, 4.69) is 27.0 Å². The second-order valence-corrected chi connectivity index (χ2v) is 15.7. The number of nitrogens with one attached hydrogen (secondary N) is 1. The summed E-state index contributed by atoms with van der Waals surface area (Å²) in [6.07, 6.45) is 3.83. The number of aryl methyl sites for hydroxylation is 2. The number of hydrogen-bond donors (Lipinski definition) is 1. The van der Waals surface area contributed by atoms with Gasteiger partial charge in [0, 0.05) is 77.2 Å². The molecule has 5 aromatic rings. The molecule has 6 heterocycles. The van der Waals surface area contributed by atoms with Crippen molar-refractivity contribution in [3.05, 3.63) is 87.0 Å². The number of rotatable bonds is 10. The molecule has 3 saturated heterocycles. The summed E-state index contributed by atoms with van der Waals surface area (Å²) in [5, 5.41) is 15.5. The Balaban J connectivity index is 1.21. The minimum atomic E-state index is -0.486. The average Bonchev–Trinajstić information content (AvgIpc) is 3.46. The molecule has 2 aliphatic carbocycles. The maximum atomic E-state index is 17.2. The van der Waals surface area contributed by atoms with Crippen LogP contribution in [-0.2, 0) is 22.6 Å². The molecule has 5 unspecified atom stereocenters. The molecule has 0 radical (unpaired) electrons. The van der Waals surface area contributed by atoms with Gasteiger partial charge in [-0.1, -0.05) is 41.4 Å². The van der Waals surface area contributed by atoms with Gasteiger partial charge in [0.2, 0.25) is 11.8 Å². The molecule has 2 saturated carbocycles. The highest BCUT2D eigenvalue weighted by Gasteiger charge is 2.51. The number of pyridine rings is 2. The average molecular weight is 754 g/mol. The van der Waals surface area contributed by atoms with E-state index in [1.807, 2.05) is 30.0 Å². The first-order chi connectivity index (χ1) is 25.7. The van der Waals surface area contributed by atoms with Gasteiger partial charge in [0.05, 0.1) is 59.2 Å². The lowest BCUT2D eigenvalue weighted by atomic mass is 9.79. The molecular formula is C41H39Cl2FN6O3. The molecule has 9 nitrogen and oxygen atoms in total. The van der Waals surface area contributed by atoms with Gasteiger partial charge in [-0.05, 0) is 68.4 Å². The minimum absolute atomic E-state index is 0.0356. The van der Waals surface area contributed by atoms with Gasteiger partial charge < -0.3 is 24.3 Å². The van der Waals surface area contributed by atoms with E-state index in [9.17, 15) is 10.1 Å². The summed E-state index contributed by atoms with van der Waals surface area (Å²) < 4.78 is 31.4. The van der Waals surface area contributed by atoms with Gasteiger partial charge in [-0.15, -0.1) is 0 Å². The topological polar surface area (TPSA) is 105 Å². The molecule has 5 fully saturated rings. The molecule has 3 aromatic heterocycles. The zero-order valence-corrected chi connectivity index (χ0v) is 31.1. The van der Waals surface area contributed by atoms with Crippen LogP contribution >= 0.6 is 23.2 Å². The summed E-state index contributed by atoms with van der Waals surface area (Å²) in [5.41, 5.74) is 5.11. The van der Waals surface area contributed by atoms with Gasteiger partial charge in [0.25, 0.3) is 0 Å². The van der Waals surface area contributed by atoms with Crippen molar-refractivity contribution >= 4 is 50.9 Å². The third-order valence-electron chi connectivity index (χ3n) is 11.7. The predicted octanol–water partition coefficient (Wildman–Crippen LogP) is 8.27. The predicted molar refractivity (Wildman–Crippen MR) is 201 cm³/mol. The van der Waals surface area contributed by atoms with Crippen LogP contribution in [0.3, 0.4) is 0 Å². The Morgan fingerprint density at radius 1 is 1.11 bits per heavy atom. The molecule has 1 N–H and O–H groups in total. The number of halogens is 3.